The molecule has 0 aromatic heterocycles. The number of rotatable bonds is 7. The van der Waals surface area contributed by atoms with Crippen LogP contribution >= 0.6 is 15.9 Å². The lowest BCUT2D eigenvalue weighted by Crippen LogP contribution is -2.32. The Labute approximate surface area is 116 Å². The van der Waals surface area contributed by atoms with Crippen molar-refractivity contribution >= 4 is 15.9 Å². The van der Waals surface area contributed by atoms with E-state index in [4.69, 9.17) is 9.84 Å². The van der Waals surface area contributed by atoms with Crippen LogP contribution in [0.5, 0.6) is 5.75 Å². The van der Waals surface area contributed by atoms with Gasteiger partial charge in [0.05, 0.1) is 24.3 Å². The summed E-state index contributed by atoms with van der Waals surface area (Å²) >= 11 is 3.45. The molecule has 0 amide bonds. The lowest BCUT2D eigenvalue weighted by Gasteiger charge is -2.19. The van der Waals surface area contributed by atoms with Crippen molar-refractivity contribution in [2.24, 2.45) is 0 Å². The van der Waals surface area contributed by atoms with Crippen molar-refractivity contribution in [2.45, 2.75) is 12.5 Å². The fourth-order valence-corrected chi connectivity index (χ4v) is 2.28. The molecule has 0 fully saturated rings. The Bertz CT molecular complexity index is 373. The van der Waals surface area contributed by atoms with Gasteiger partial charge >= 0.3 is 0 Å². The van der Waals surface area contributed by atoms with Crippen molar-refractivity contribution in [1.29, 1.82) is 0 Å². The second kappa shape index (κ2) is 7.74. The van der Waals surface area contributed by atoms with E-state index in [0.717, 1.165) is 23.2 Å². The number of benzene rings is 1. The average Bonchev–Trinajstić information content (AvgIpc) is 2.36. The van der Waals surface area contributed by atoms with Gasteiger partial charge in [-0.25, -0.2) is 0 Å². The summed E-state index contributed by atoms with van der Waals surface area (Å²) in [6.07, 6.45) is 0.217. The third kappa shape index (κ3) is 4.94. The Kier molecular flexibility index (Phi) is 6.63. The Morgan fingerprint density at radius 2 is 2.17 bits per heavy atom. The topological polar surface area (TPSA) is 52.9 Å². The van der Waals surface area contributed by atoms with Crippen LogP contribution in [-0.4, -0.2) is 55.1 Å². The Morgan fingerprint density at radius 1 is 1.44 bits per heavy atom. The van der Waals surface area contributed by atoms with E-state index in [9.17, 15) is 5.11 Å². The minimum Gasteiger partial charge on any atom is -0.496 e. The lowest BCUT2D eigenvalue weighted by atomic mass is 10.1. The summed E-state index contributed by atoms with van der Waals surface area (Å²) in [5, 5.41) is 18.1. The molecule has 0 bridgehead atoms. The first-order chi connectivity index (χ1) is 8.56. The summed E-state index contributed by atoms with van der Waals surface area (Å²) in [4.78, 5) is 2.00. The molecule has 4 nitrogen and oxygen atoms in total. The predicted molar refractivity (Wildman–Crippen MR) is 75.0 cm³/mol. The molecule has 1 aromatic carbocycles. The van der Waals surface area contributed by atoms with Gasteiger partial charge < -0.3 is 19.8 Å². The molecule has 0 saturated carbocycles. The van der Waals surface area contributed by atoms with Crippen LogP contribution in [0.15, 0.2) is 22.7 Å². The van der Waals surface area contributed by atoms with Crippen molar-refractivity contribution in [3.8, 4) is 5.75 Å². The molecule has 0 spiro atoms. The van der Waals surface area contributed by atoms with E-state index < -0.39 is 6.10 Å². The minimum atomic E-state index is -0.669. The van der Waals surface area contributed by atoms with Crippen LogP contribution in [0.1, 0.15) is 5.56 Å². The van der Waals surface area contributed by atoms with Crippen molar-refractivity contribution < 1.29 is 14.9 Å². The predicted octanol–water partition coefficient (Wildman–Crippen LogP) is 1.29. The van der Waals surface area contributed by atoms with Crippen LogP contribution in [0.3, 0.4) is 0 Å². The van der Waals surface area contributed by atoms with Gasteiger partial charge in [0.1, 0.15) is 5.75 Å². The number of halogens is 1. The van der Waals surface area contributed by atoms with Crippen molar-refractivity contribution in [2.75, 3.05) is 33.9 Å². The number of hydrogen-bond acceptors (Lipinski definition) is 4. The zero-order chi connectivity index (χ0) is 13.5. The number of aliphatic hydroxyl groups excluding tert-OH is 2. The molecular formula is C13H20BrNO3. The van der Waals surface area contributed by atoms with Crippen molar-refractivity contribution in [3.63, 3.8) is 0 Å². The summed E-state index contributed by atoms with van der Waals surface area (Å²) in [6, 6.07) is 6.00. The average molecular weight is 318 g/mol. The first-order valence-electron chi connectivity index (χ1n) is 5.86. The number of likely N-dealkylation sites (N-methyl/N-ethyl adjacent to an activating group) is 1. The van der Waals surface area contributed by atoms with Crippen LogP contribution in [-0.2, 0) is 6.42 Å². The molecule has 1 aromatic rings. The van der Waals surface area contributed by atoms with Crippen LogP contribution in [0.25, 0.3) is 0 Å². The molecule has 0 aliphatic rings. The molecule has 0 heterocycles. The number of hydrogen-bond donors (Lipinski definition) is 2. The van der Waals surface area contributed by atoms with Crippen LogP contribution < -0.4 is 4.74 Å². The summed E-state index contributed by atoms with van der Waals surface area (Å²) < 4.78 is 6.12. The molecule has 5 heteroatoms. The van der Waals surface area contributed by atoms with E-state index in [2.05, 4.69) is 15.9 Å². The SMILES string of the molecule is COc1ccc(CCN(C)CC(O)CO)cc1Br. The molecule has 2 N–H and O–H groups in total. The molecule has 1 unspecified atom stereocenters. The third-order valence-corrected chi connectivity index (χ3v) is 3.35. The van der Waals surface area contributed by atoms with Gasteiger partial charge in [0, 0.05) is 13.1 Å². The van der Waals surface area contributed by atoms with Gasteiger partial charge in [-0.05, 0) is 47.1 Å². The van der Waals surface area contributed by atoms with Gasteiger partial charge in [-0.1, -0.05) is 6.07 Å². The van der Waals surface area contributed by atoms with Gasteiger partial charge in [0.2, 0.25) is 0 Å². The minimum absolute atomic E-state index is 0.196. The maximum absolute atomic E-state index is 9.32. The molecule has 0 saturated heterocycles. The molecular weight excluding hydrogens is 298 g/mol. The van der Waals surface area contributed by atoms with E-state index in [-0.39, 0.29) is 6.61 Å². The third-order valence-electron chi connectivity index (χ3n) is 2.73. The van der Waals surface area contributed by atoms with Crippen LogP contribution in [0.4, 0.5) is 0 Å². The van der Waals surface area contributed by atoms with Crippen LogP contribution in [0.2, 0.25) is 0 Å². The Hall–Kier alpha value is -0.620. The monoisotopic (exact) mass is 317 g/mol. The molecule has 0 radical (unpaired) electrons. The highest BCUT2D eigenvalue weighted by Gasteiger charge is 2.07. The van der Waals surface area contributed by atoms with E-state index in [1.54, 1.807) is 7.11 Å². The second-order valence-electron chi connectivity index (χ2n) is 4.32. The highest BCUT2D eigenvalue weighted by Crippen LogP contribution is 2.25. The highest BCUT2D eigenvalue weighted by atomic mass is 79.9. The van der Waals surface area contributed by atoms with E-state index >= 15 is 0 Å². The summed E-state index contributed by atoms with van der Waals surface area (Å²) in [6.45, 7) is 1.11. The van der Waals surface area contributed by atoms with Crippen LogP contribution in [0, 0.1) is 0 Å². The summed E-state index contributed by atoms with van der Waals surface area (Å²) in [5.41, 5.74) is 1.20. The zero-order valence-corrected chi connectivity index (χ0v) is 12.4. The largest absolute Gasteiger partial charge is 0.496 e. The Balaban J connectivity index is 2.46. The van der Waals surface area contributed by atoms with Gasteiger partial charge in [-0.3, -0.25) is 0 Å². The highest BCUT2D eigenvalue weighted by molar-refractivity contribution is 9.10. The van der Waals surface area contributed by atoms with Crippen molar-refractivity contribution in [1.82, 2.24) is 4.90 Å². The smallest absolute Gasteiger partial charge is 0.133 e. The number of ether oxygens (including phenoxy) is 1. The number of aliphatic hydroxyl groups is 2. The van der Waals surface area contributed by atoms with Gasteiger partial charge in [0.25, 0.3) is 0 Å². The molecule has 0 aliphatic heterocycles. The van der Waals surface area contributed by atoms with E-state index in [1.807, 2.05) is 30.1 Å². The van der Waals surface area contributed by atoms with Gasteiger partial charge in [-0.2, -0.15) is 0 Å². The quantitative estimate of drug-likeness (QED) is 0.795. The first-order valence-corrected chi connectivity index (χ1v) is 6.66. The fourth-order valence-electron chi connectivity index (χ4n) is 1.69. The maximum Gasteiger partial charge on any atom is 0.133 e. The molecule has 1 rings (SSSR count). The van der Waals surface area contributed by atoms with E-state index in [1.165, 1.54) is 5.56 Å². The normalized spacial score (nSPS) is 12.8. The van der Waals surface area contributed by atoms with E-state index in [0.29, 0.717) is 6.54 Å². The standard InChI is InChI=1S/C13H20BrNO3/c1-15(8-11(17)9-16)6-5-10-3-4-13(18-2)12(14)7-10/h3-4,7,11,16-17H,5-6,8-9H2,1-2H3. The second-order valence-corrected chi connectivity index (χ2v) is 5.17. The first kappa shape index (κ1) is 15.4. The van der Waals surface area contributed by atoms with Gasteiger partial charge in [0.15, 0.2) is 0 Å². The Morgan fingerprint density at radius 3 is 2.72 bits per heavy atom. The summed E-state index contributed by atoms with van der Waals surface area (Å²) in [7, 11) is 3.57. The molecule has 18 heavy (non-hydrogen) atoms. The molecule has 1 atom stereocenters. The zero-order valence-electron chi connectivity index (χ0n) is 10.8. The molecule has 102 valence electrons. The number of methoxy groups -OCH3 is 1. The number of nitrogens with zero attached hydrogens (tertiary/aromatic N) is 1. The lowest BCUT2D eigenvalue weighted by molar-refractivity contribution is 0.0669. The summed E-state index contributed by atoms with van der Waals surface area (Å²) in [5.74, 6) is 0.822. The molecule has 0 aliphatic carbocycles. The van der Waals surface area contributed by atoms with Gasteiger partial charge in [-0.15, -0.1) is 0 Å². The fraction of sp³-hybridized carbons (Fsp3) is 0.538. The van der Waals surface area contributed by atoms with Crippen molar-refractivity contribution in [3.05, 3.63) is 28.2 Å². The maximum atomic E-state index is 9.32.